The van der Waals surface area contributed by atoms with E-state index in [4.69, 9.17) is 19.2 Å². The number of hydrogen-bond donors (Lipinski definition) is 0. The number of methoxy groups -OCH3 is 1. The first-order valence-electron chi connectivity index (χ1n) is 15.8. The Labute approximate surface area is 292 Å². The molecular formula is C36H38F3N3O5S2. The zero-order valence-electron chi connectivity index (χ0n) is 27.7. The number of halogens is 3. The summed E-state index contributed by atoms with van der Waals surface area (Å²) in [5.74, 6) is 1.43. The summed E-state index contributed by atoms with van der Waals surface area (Å²) in [6.07, 6.45) is -5.15. The Morgan fingerprint density at radius 3 is 2.31 bits per heavy atom. The van der Waals surface area contributed by atoms with Gasteiger partial charge < -0.3 is 19.1 Å². The number of thioether (sulfide) groups is 1. The highest BCUT2D eigenvalue weighted by molar-refractivity contribution is 7.98. The first-order chi connectivity index (χ1) is 23.4. The van der Waals surface area contributed by atoms with E-state index in [1.807, 2.05) is 30.0 Å². The number of aryl methyl sites for hydroxylation is 1. The van der Waals surface area contributed by atoms with E-state index in [0.29, 0.717) is 66.1 Å². The van der Waals surface area contributed by atoms with Gasteiger partial charge in [0.05, 0.1) is 25.0 Å². The summed E-state index contributed by atoms with van der Waals surface area (Å²) in [7, 11) is 1.58. The lowest BCUT2D eigenvalue weighted by atomic mass is 10.1. The fraction of sp³-hybridized carbons (Fsp3) is 0.361. The molecule has 1 atom stereocenters. The summed E-state index contributed by atoms with van der Waals surface area (Å²) in [5, 5.41) is 0.653. The Hall–Kier alpha value is -4.07. The molecule has 5 rings (SSSR count). The number of carbonyl (C=O) groups is 2. The predicted octanol–water partition coefficient (Wildman–Crippen LogP) is 7.73. The minimum Gasteiger partial charge on any atom is -0.497 e. The summed E-state index contributed by atoms with van der Waals surface area (Å²) < 4.78 is 55.7. The van der Waals surface area contributed by atoms with Crippen LogP contribution in [0.2, 0.25) is 0 Å². The molecule has 2 heterocycles. The van der Waals surface area contributed by atoms with Gasteiger partial charge in [0, 0.05) is 59.4 Å². The summed E-state index contributed by atoms with van der Waals surface area (Å²) >= 11 is 3.09. The summed E-state index contributed by atoms with van der Waals surface area (Å²) in [6, 6.07) is 17.9. The van der Waals surface area contributed by atoms with E-state index in [9.17, 15) is 22.8 Å². The van der Waals surface area contributed by atoms with Crippen LogP contribution in [-0.4, -0.2) is 72.7 Å². The van der Waals surface area contributed by atoms with Crippen LogP contribution in [0.25, 0.3) is 10.6 Å². The molecule has 260 valence electrons. The van der Waals surface area contributed by atoms with Gasteiger partial charge in [0.1, 0.15) is 16.5 Å². The number of hydrogen-bond acceptors (Lipinski definition) is 9. The van der Waals surface area contributed by atoms with Crippen LogP contribution in [0.1, 0.15) is 45.9 Å². The maximum atomic E-state index is 13.2. The number of rotatable bonds is 12. The second kappa shape index (κ2) is 16.1. The molecule has 0 radical (unpaired) electrons. The minimum atomic E-state index is -4.42. The maximum Gasteiger partial charge on any atom is 0.416 e. The molecule has 0 spiro atoms. The molecular weight excluding hydrogens is 676 g/mol. The van der Waals surface area contributed by atoms with Gasteiger partial charge in [-0.05, 0) is 80.9 Å². The van der Waals surface area contributed by atoms with Crippen LogP contribution < -0.4 is 9.47 Å². The highest BCUT2D eigenvalue weighted by Crippen LogP contribution is 2.36. The second-order valence-electron chi connectivity index (χ2n) is 11.5. The SMILES string of the molecule is CCOC(=O)C(C)Oc1ccc(SCc2sc(-c3ccc(C(F)(F)F)cc3)nc2CN2CCN(C(=O)c3ccc(OC)cc3)CC2)cc1C. The van der Waals surface area contributed by atoms with Crippen molar-refractivity contribution in [3.8, 4) is 22.1 Å². The molecule has 4 aromatic rings. The topological polar surface area (TPSA) is 81.2 Å². The average molecular weight is 714 g/mol. The number of piperazine rings is 1. The maximum absolute atomic E-state index is 13.2. The zero-order chi connectivity index (χ0) is 35.1. The molecule has 3 aromatic carbocycles. The van der Waals surface area contributed by atoms with Crippen molar-refractivity contribution in [2.24, 2.45) is 0 Å². The molecule has 1 saturated heterocycles. The van der Waals surface area contributed by atoms with Crippen LogP contribution in [0.15, 0.2) is 71.6 Å². The van der Waals surface area contributed by atoms with Crippen LogP contribution in [0.5, 0.6) is 11.5 Å². The monoisotopic (exact) mass is 713 g/mol. The summed E-state index contributed by atoms with van der Waals surface area (Å²) in [5.41, 5.74) is 2.27. The van der Waals surface area contributed by atoms with E-state index in [0.717, 1.165) is 33.2 Å². The van der Waals surface area contributed by atoms with E-state index in [1.54, 1.807) is 57.0 Å². The normalized spacial score (nSPS) is 14.4. The van der Waals surface area contributed by atoms with Crippen molar-refractivity contribution >= 4 is 35.0 Å². The molecule has 49 heavy (non-hydrogen) atoms. The van der Waals surface area contributed by atoms with Gasteiger partial charge in [-0.2, -0.15) is 13.2 Å². The molecule has 8 nitrogen and oxygen atoms in total. The zero-order valence-corrected chi connectivity index (χ0v) is 29.3. The Morgan fingerprint density at radius 2 is 1.69 bits per heavy atom. The van der Waals surface area contributed by atoms with Crippen LogP contribution in [-0.2, 0) is 28.0 Å². The fourth-order valence-electron chi connectivity index (χ4n) is 5.27. The molecule has 1 aliphatic heterocycles. The van der Waals surface area contributed by atoms with Crippen LogP contribution >= 0.6 is 23.1 Å². The number of thiazole rings is 1. The van der Waals surface area contributed by atoms with Gasteiger partial charge >= 0.3 is 12.1 Å². The van der Waals surface area contributed by atoms with E-state index >= 15 is 0 Å². The Balaban J connectivity index is 1.29. The van der Waals surface area contributed by atoms with Gasteiger partial charge in [-0.3, -0.25) is 9.69 Å². The predicted molar refractivity (Wildman–Crippen MR) is 184 cm³/mol. The van der Waals surface area contributed by atoms with Crippen molar-refractivity contribution in [3.05, 3.63) is 94.0 Å². The summed E-state index contributed by atoms with van der Waals surface area (Å²) in [4.78, 5) is 36.1. The third-order valence-corrected chi connectivity index (χ3v) is 10.4. The molecule has 0 N–H and O–H groups in total. The number of ether oxygens (including phenoxy) is 3. The highest BCUT2D eigenvalue weighted by atomic mass is 32.2. The Bertz CT molecular complexity index is 1740. The highest BCUT2D eigenvalue weighted by Gasteiger charge is 2.30. The van der Waals surface area contributed by atoms with E-state index in [1.165, 1.54) is 23.5 Å². The van der Waals surface area contributed by atoms with Gasteiger partial charge in [-0.25, -0.2) is 9.78 Å². The van der Waals surface area contributed by atoms with Crippen molar-refractivity contribution in [3.63, 3.8) is 0 Å². The van der Waals surface area contributed by atoms with Gasteiger partial charge in [-0.15, -0.1) is 23.1 Å². The number of carbonyl (C=O) groups excluding carboxylic acids is 2. The molecule has 0 bridgehead atoms. The fourth-order valence-corrected chi connectivity index (χ4v) is 7.45. The van der Waals surface area contributed by atoms with Crippen LogP contribution in [0.3, 0.4) is 0 Å². The van der Waals surface area contributed by atoms with Crippen LogP contribution in [0, 0.1) is 6.92 Å². The molecule has 1 unspecified atom stereocenters. The minimum absolute atomic E-state index is 0.0281. The lowest BCUT2D eigenvalue weighted by Gasteiger charge is -2.34. The number of nitrogens with zero attached hydrogens (tertiary/aromatic N) is 3. The van der Waals surface area contributed by atoms with Crippen molar-refractivity contribution in [1.29, 1.82) is 0 Å². The first-order valence-corrected chi connectivity index (χ1v) is 17.6. The van der Waals surface area contributed by atoms with E-state index in [-0.39, 0.29) is 12.5 Å². The van der Waals surface area contributed by atoms with Crippen LogP contribution in [0.4, 0.5) is 13.2 Å². The van der Waals surface area contributed by atoms with Gasteiger partial charge in [-0.1, -0.05) is 12.1 Å². The Morgan fingerprint density at radius 1 is 1.00 bits per heavy atom. The van der Waals surface area contributed by atoms with E-state index in [2.05, 4.69) is 4.90 Å². The number of amides is 1. The largest absolute Gasteiger partial charge is 0.497 e. The first kappa shape index (κ1) is 36.2. The average Bonchev–Trinajstić information content (AvgIpc) is 3.50. The second-order valence-corrected chi connectivity index (χ2v) is 13.6. The number of benzene rings is 3. The van der Waals surface area contributed by atoms with Gasteiger partial charge in [0.2, 0.25) is 0 Å². The number of aromatic nitrogens is 1. The molecule has 1 aromatic heterocycles. The van der Waals surface area contributed by atoms with Crippen molar-refractivity contribution in [2.45, 2.75) is 50.2 Å². The molecule has 13 heteroatoms. The third kappa shape index (κ3) is 9.34. The lowest BCUT2D eigenvalue weighted by molar-refractivity contribution is -0.150. The number of esters is 1. The van der Waals surface area contributed by atoms with Crippen molar-refractivity contribution in [1.82, 2.24) is 14.8 Å². The Kier molecular flexibility index (Phi) is 11.9. The molecule has 1 amide bonds. The van der Waals surface area contributed by atoms with Gasteiger partial charge in [0.25, 0.3) is 5.91 Å². The quantitative estimate of drug-likeness (QED) is 0.109. The lowest BCUT2D eigenvalue weighted by Crippen LogP contribution is -2.48. The van der Waals surface area contributed by atoms with Crippen molar-refractivity contribution in [2.75, 3.05) is 39.9 Å². The van der Waals surface area contributed by atoms with Crippen molar-refractivity contribution < 1.29 is 37.0 Å². The summed E-state index contributed by atoms with van der Waals surface area (Å²) in [6.45, 7) is 8.59. The number of alkyl halides is 3. The molecule has 1 fully saturated rings. The molecule has 1 aliphatic rings. The van der Waals surface area contributed by atoms with E-state index < -0.39 is 23.8 Å². The molecule has 0 aliphatic carbocycles. The third-order valence-electron chi connectivity index (χ3n) is 8.05. The molecule has 0 saturated carbocycles. The standard InChI is InChI=1S/C36H38F3N3O5S2/c1-5-46-35(44)24(3)47-31-15-14-29(20-23(31)2)48-22-32-30(40-33(49-32)25-6-10-27(11-7-25)36(37,38)39)21-41-16-18-42(19-17-41)34(43)26-8-12-28(45-4)13-9-26/h6-15,20,24H,5,16-19,21-22H2,1-4H3. The smallest absolute Gasteiger partial charge is 0.416 e. The van der Waals surface area contributed by atoms with Gasteiger partial charge in [0.15, 0.2) is 6.10 Å².